The molecule has 0 saturated carbocycles. The summed E-state index contributed by atoms with van der Waals surface area (Å²) in [5.74, 6) is 0.469. The van der Waals surface area contributed by atoms with Crippen molar-refractivity contribution >= 4 is 17.3 Å². The average molecular weight is 362 g/mol. The molecule has 0 N–H and O–H groups in total. The van der Waals surface area contributed by atoms with E-state index in [1.54, 1.807) is 6.20 Å². The summed E-state index contributed by atoms with van der Waals surface area (Å²) in [6, 6.07) is 9.79. The molecule has 6 heteroatoms. The first-order valence-electron chi connectivity index (χ1n) is 8.81. The number of rotatable bonds is 6. The largest absolute Gasteiger partial charge is 0.381 e. The second-order valence-electron chi connectivity index (χ2n) is 6.41. The predicted molar refractivity (Wildman–Crippen MR) is 100 cm³/mol. The Morgan fingerprint density at radius 3 is 2.88 bits per heavy atom. The van der Waals surface area contributed by atoms with E-state index in [9.17, 15) is 4.79 Å². The molecular weight excluding hydrogens is 338 g/mol. The summed E-state index contributed by atoms with van der Waals surface area (Å²) < 4.78 is 6.97. The molecule has 2 aromatic rings. The normalized spacial score (nSPS) is 17.7. The van der Waals surface area contributed by atoms with E-state index in [2.05, 4.69) is 10.00 Å². The maximum Gasteiger partial charge on any atom is 0.287 e. The standard InChI is InChI=1S/C19H24ClN3O2/c1-2-25-14-16-9-6-10-22(12-16)17-11-21-23(19(24)18(17)20)13-15-7-4-3-5-8-15/h3-5,7-8,11,16H,2,6,9-10,12-14H2,1H3. The zero-order valence-electron chi connectivity index (χ0n) is 14.5. The predicted octanol–water partition coefficient (Wildman–Crippen LogP) is 3.20. The summed E-state index contributed by atoms with van der Waals surface area (Å²) in [7, 11) is 0. The molecule has 1 aromatic carbocycles. The van der Waals surface area contributed by atoms with Crippen LogP contribution >= 0.6 is 11.6 Å². The van der Waals surface area contributed by atoms with Crippen LogP contribution in [0.3, 0.4) is 0 Å². The van der Waals surface area contributed by atoms with Gasteiger partial charge >= 0.3 is 0 Å². The van der Waals surface area contributed by atoms with Gasteiger partial charge in [0.25, 0.3) is 5.56 Å². The Kier molecular flexibility index (Phi) is 6.10. The lowest BCUT2D eigenvalue weighted by Crippen LogP contribution is -2.39. The van der Waals surface area contributed by atoms with Gasteiger partial charge in [0.15, 0.2) is 0 Å². The topological polar surface area (TPSA) is 47.4 Å². The van der Waals surface area contributed by atoms with Crippen LogP contribution in [0.4, 0.5) is 5.69 Å². The van der Waals surface area contributed by atoms with Crippen molar-refractivity contribution in [2.45, 2.75) is 26.3 Å². The summed E-state index contributed by atoms with van der Waals surface area (Å²) in [4.78, 5) is 14.8. The number of halogens is 1. The fourth-order valence-electron chi connectivity index (χ4n) is 3.25. The highest BCUT2D eigenvalue weighted by atomic mass is 35.5. The van der Waals surface area contributed by atoms with Crippen LogP contribution < -0.4 is 10.5 Å². The maximum atomic E-state index is 12.6. The van der Waals surface area contributed by atoms with Gasteiger partial charge in [-0.15, -0.1) is 0 Å². The second kappa shape index (κ2) is 8.50. The van der Waals surface area contributed by atoms with Gasteiger partial charge in [-0.2, -0.15) is 5.10 Å². The summed E-state index contributed by atoms with van der Waals surface area (Å²) in [5.41, 5.74) is 1.52. The SMILES string of the molecule is CCOCC1CCCN(c2cnn(Cc3ccccc3)c(=O)c2Cl)C1. The van der Waals surface area contributed by atoms with Crippen molar-refractivity contribution in [1.29, 1.82) is 0 Å². The Bertz CT molecular complexity index is 748. The molecule has 0 aliphatic carbocycles. The molecule has 1 fully saturated rings. The van der Waals surface area contributed by atoms with Gasteiger partial charge in [-0.25, -0.2) is 4.68 Å². The Labute approximate surface area is 153 Å². The molecule has 25 heavy (non-hydrogen) atoms. The Morgan fingerprint density at radius 1 is 1.32 bits per heavy atom. The lowest BCUT2D eigenvalue weighted by molar-refractivity contribution is 0.104. The monoisotopic (exact) mass is 361 g/mol. The average Bonchev–Trinajstić information content (AvgIpc) is 2.65. The van der Waals surface area contributed by atoms with Crippen LogP contribution in [0.2, 0.25) is 5.02 Å². The molecule has 3 rings (SSSR count). The van der Waals surface area contributed by atoms with Gasteiger partial charge < -0.3 is 9.64 Å². The molecule has 0 spiro atoms. The van der Waals surface area contributed by atoms with Crippen molar-refractivity contribution in [3.05, 3.63) is 57.5 Å². The highest BCUT2D eigenvalue weighted by molar-refractivity contribution is 6.33. The molecule has 1 unspecified atom stereocenters. The van der Waals surface area contributed by atoms with Crippen molar-refractivity contribution in [2.75, 3.05) is 31.2 Å². The lowest BCUT2D eigenvalue weighted by atomic mass is 9.98. The van der Waals surface area contributed by atoms with Gasteiger partial charge in [0.2, 0.25) is 0 Å². The Balaban J connectivity index is 1.77. The second-order valence-corrected chi connectivity index (χ2v) is 6.78. The summed E-state index contributed by atoms with van der Waals surface area (Å²) in [6.45, 7) is 5.66. The fraction of sp³-hybridized carbons (Fsp3) is 0.474. The summed E-state index contributed by atoms with van der Waals surface area (Å²) in [5, 5.41) is 4.60. The minimum absolute atomic E-state index is 0.241. The first-order chi connectivity index (χ1) is 12.2. The number of nitrogens with zero attached hydrogens (tertiary/aromatic N) is 3. The molecule has 1 aliphatic heterocycles. The van der Waals surface area contributed by atoms with Crippen molar-refractivity contribution in [3.63, 3.8) is 0 Å². The van der Waals surface area contributed by atoms with Crippen molar-refractivity contribution in [1.82, 2.24) is 9.78 Å². The molecule has 5 nitrogen and oxygen atoms in total. The molecule has 2 heterocycles. The molecular formula is C19H24ClN3O2. The van der Waals surface area contributed by atoms with Crippen LogP contribution in [0.1, 0.15) is 25.3 Å². The van der Waals surface area contributed by atoms with E-state index in [-0.39, 0.29) is 10.6 Å². The molecule has 1 aliphatic rings. The smallest absolute Gasteiger partial charge is 0.287 e. The highest BCUT2D eigenvalue weighted by Gasteiger charge is 2.23. The molecule has 134 valence electrons. The van der Waals surface area contributed by atoms with Crippen LogP contribution in [-0.4, -0.2) is 36.1 Å². The molecule has 0 amide bonds. The van der Waals surface area contributed by atoms with E-state index < -0.39 is 0 Å². The van der Waals surface area contributed by atoms with Gasteiger partial charge in [0, 0.05) is 19.7 Å². The van der Waals surface area contributed by atoms with E-state index >= 15 is 0 Å². The van der Waals surface area contributed by atoms with Gasteiger partial charge in [-0.1, -0.05) is 41.9 Å². The van der Waals surface area contributed by atoms with E-state index in [1.807, 2.05) is 37.3 Å². The number of hydrogen-bond donors (Lipinski definition) is 0. The van der Waals surface area contributed by atoms with E-state index in [0.29, 0.717) is 12.5 Å². The highest BCUT2D eigenvalue weighted by Crippen LogP contribution is 2.27. The first kappa shape index (κ1) is 18.0. The minimum atomic E-state index is -0.241. The molecule has 1 saturated heterocycles. The number of piperidine rings is 1. The van der Waals surface area contributed by atoms with Crippen LogP contribution in [0.25, 0.3) is 0 Å². The number of ether oxygens (including phenoxy) is 1. The number of aromatic nitrogens is 2. The van der Waals surface area contributed by atoms with E-state index in [0.717, 1.165) is 50.4 Å². The maximum absolute atomic E-state index is 12.6. The van der Waals surface area contributed by atoms with Crippen molar-refractivity contribution in [3.8, 4) is 0 Å². The van der Waals surface area contributed by atoms with Crippen LogP contribution in [0, 0.1) is 5.92 Å². The number of anilines is 1. The summed E-state index contributed by atoms with van der Waals surface area (Å²) >= 11 is 6.40. The zero-order valence-corrected chi connectivity index (χ0v) is 15.3. The van der Waals surface area contributed by atoms with Crippen LogP contribution in [0.15, 0.2) is 41.3 Å². The summed E-state index contributed by atoms with van der Waals surface area (Å²) in [6.07, 6.45) is 3.93. The molecule has 0 radical (unpaired) electrons. The third-order valence-electron chi connectivity index (χ3n) is 4.56. The van der Waals surface area contributed by atoms with Gasteiger partial charge in [0.05, 0.1) is 25.0 Å². The van der Waals surface area contributed by atoms with E-state index in [4.69, 9.17) is 16.3 Å². The number of hydrogen-bond acceptors (Lipinski definition) is 4. The van der Waals surface area contributed by atoms with Crippen molar-refractivity contribution in [2.24, 2.45) is 5.92 Å². The van der Waals surface area contributed by atoms with Gasteiger partial charge in [-0.3, -0.25) is 4.79 Å². The quantitative estimate of drug-likeness (QED) is 0.792. The zero-order chi connectivity index (χ0) is 17.6. The van der Waals surface area contributed by atoms with Crippen molar-refractivity contribution < 1.29 is 4.74 Å². The molecule has 1 atom stereocenters. The first-order valence-corrected chi connectivity index (χ1v) is 9.19. The van der Waals surface area contributed by atoms with E-state index in [1.165, 1.54) is 4.68 Å². The Hall–Kier alpha value is -1.85. The molecule has 1 aromatic heterocycles. The van der Waals surface area contributed by atoms with Crippen LogP contribution in [0.5, 0.6) is 0 Å². The van der Waals surface area contributed by atoms with Gasteiger partial charge in [0.1, 0.15) is 5.02 Å². The Morgan fingerprint density at radius 2 is 2.12 bits per heavy atom. The third kappa shape index (κ3) is 4.41. The fourth-order valence-corrected chi connectivity index (χ4v) is 3.52. The minimum Gasteiger partial charge on any atom is -0.381 e. The third-order valence-corrected chi connectivity index (χ3v) is 4.91. The van der Waals surface area contributed by atoms with Gasteiger partial charge in [-0.05, 0) is 31.2 Å². The molecule has 0 bridgehead atoms. The number of benzene rings is 1. The lowest BCUT2D eigenvalue weighted by Gasteiger charge is -2.34. The van der Waals surface area contributed by atoms with Crippen LogP contribution in [-0.2, 0) is 11.3 Å².